The lowest BCUT2D eigenvalue weighted by Gasteiger charge is -2.35. The van der Waals surface area contributed by atoms with Crippen molar-refractivity contribution in [1.82, 2.24) is 10.2 Å². The Kier molecular flexibility index (Phi) is 11.0. The molecule has 0 aliphatic heterocycles. The van der Waals surface area contributed by atoms with Gasteiger partial charge in [-0.1, -0.05) is 60.5 Å². The molecule has 2 amide bonds. The minimum atomic E-state index is -4.21. The van der Waals surface area contributed by atoms with Crippen LogP contribution < -0.4 is 14.4 Å². The minimum Gasteiger partial charge on any atom is -0.492 e. The first kappa shape index (κ1) is 32.9. The van der Waals surface area contributed by atoms with Crippen LogP contribution in [-0.4, -0.2) is 49.9 Å². The molecule has 1 N–H and O–H groups in total. The van der Waals surface area contributed by atoms with Gasteiger partial charge in [-0.2, -0.15) is 0 Å². The van der Waals surface area contributed by atoms with Crippen molar-refractivity contribution in [3.8, 4) is 5.75 Å². The largest absolute Gasteiger partial charge is 0.492 e. The van der Waals surface area contributed by atoms with Gasteiger partial charge in [-0.15, -0.1) is 0 Å². The molecule has 0 saturated heterocycles. The zero-order valence-electron chi connectivity index (χ0n) is 25.1. The van der Waals surface area contributed by atoms with E-state index in [0.717, 1.165) is 15.4 Å². The van der Waals surface area contributed by atoms with Crippen molar-refractivity contribution in [3.63, 3.8) is 0 Å². The highest BCUT2D eigenvalue weighted by molar-refractivity contribution is 7.92. The van der Waals surface area contributed by atoms with E-state index < -0.39 is 34.1 Å². The van der Waals surface area contributed by atoms with Gasteiger partial charge in [0.1, 0.15) is 18.3 Å². The summed E-state index contributed by atoms with van der Waals surface area (Å²) in [5.74, 6) is -0.539. The third-order valence-corrected chi connectivity index (χ3v) is 8.50. The van der Waals surface area contributed by atoms with Crippen molar-refractivity contribution in [2.24, 2.45) is 0 Å². The van der Waals surface area contributed by atoms with E-state index in [-0.39, 0.29) is 23.0 Å². The van der Waals surface area contributed by atoms with Crippen LogP contribution >= 0.6 is 11.6 Å². The van der Waals surface area contributed by atoms with E-state index >= 15 is 0 Å². The third kappa shape index (κ3) is 8.49. The highest BCUT2D eigenvalue weighted by atomic mass is 35.5. The molecule has 10 heteroatoms. The van der Waals surface area contributed by atoms with Gasteiger partial charge in [-0.25, -0.2) is 8.42 Å². The van der Waals surface area contributed by atoms with Crippen LogP contribution in [0, 0.1) is 6.92 Å². The van der Waals surface area contributed by atoms with E-state index in [2.05, 4.69) is 5.32 Å². The molecular formula is C32H40ClN3O5S. The molecule has 1 atom stereocenters. The second-order valence-corrected chi connectivity index (χ2v) is 13.3. The summed E-state index contributed by atoms with van der Waals surface area (Å²) < 4.78 is 35.1. The van der Waals surface area contributed by atoms with Crippen molar-refractivity contribution in [2.45, 2.75) is 71.0 Å². The molecule has 0 spiro atoms. The first-order valence-electron chi connectivity index (χ1n) is 13.9. The SMILES string of the molecule is CCOc1ccccc1N(CC(=O)N(Cc1ccc(Cl)cc1)[C@@H](CC)C(=O)NC(C)(C)C)S(=O)(=O)c1ccc(C)cc1. The molecule has 42 heavy (non-hydrogen) atoms. The van der Waals surface area contributed by atoms with E-state index in [1.54, 1.807) is 67.6 Å². The highest BCUT2D eigenvalue weighted by Crippen LogP contribution is 2.33. The van der Waals surface area contributed by atoms with Crippen LogP contribution in [0.25, 0.3) is 0 Å². The molecule has 0 aliphatic rings. The molecule has 0 bridgehead atoms. The number of benzene rings is 3. The Bertz CT molecular complexity index is 1470. The fraction of sp³-hybridized carbons (Fsp3) is 0.375. The summed E-state index contributed by atoms with van der Waals surface area (Å²) in [4.78, 5) is 29.2. The summed E-state index contributed by atoms with van der Waals surface area (Å²) in [5.41, 5.74) is 1.34. The number of anilines is 1. The number of aryl methyl sites for hydroxylation is 1. The molecule has 0 aromatic heterocycles. The predicted molar refractivity (Wildman–Crippen MR) is 167 cm³/mol. The lowest BCUT2D eigenvalue weighted by atomic mass is 10.1. The molecule has 0 fully saturated rings. The number of amides is 2. The Balaban J connectivity index is 2.12. The Morgan fingerprint density at radius 3 is 2.14 bits per heavy atom. The molecule has 226 valence electrons. The number of ether oxygens (including phenoxy) is 1. The zero-order valence-corrected chi connectivity index (χ0v) is 26.6. The van der Waals surface area contributed by atoms with Crippen LogP contribution in [0.2, 0.25) is 5.02 Å². The highest BCUT2D eigenvalue weighted by Gasteiger charge is 2.35. The fourth-order valence-corrected chi connectivity index (χ4v) is 6.00. The summed E-state index contributed by atoms with van der Waals surface area (Å²) in [6.45, 7) is 10.9. The smallest absolute Gasteiger partial charge is 0.264 e. The van der Waals surface area contributed by atoms with Gasteiger partial charge in [0.25, 0.3) is 10.0 Å². The van der Waals surface area contributed by atoms with E-state index in [0.29, 0.717) is 23.8 Å². The Morgan fingerprint density at radius 2 is 1.57 bits per heavy atom. The summed E-state index contributed by atoms with van der Waals surface area (Å²) in [7, 11) is -4.21. The Labute approximate surface area is 254 Å². The van der Waals surface area contributed by atoms with Gasteiger partial charge in [0, 0.05) is 17.1 Å². The topological polar surface area (TPSA) is 96.0 Å². The third-order valence-electron chi connectivity index (χ3n) is 6.47. The van der Waals surface area contributed by atoms with E-state index in [1.165, 1.54) is 17.0 Å². The van der Waals surface area contributed by atoms with Gasteiger partial charge >= 0.3 is 0 Å². The monoisotopic (exact) mass is 613 g/mol. The van der Waals surface area contributed by atoms with Crippen LogP contribution in [0.15, 0.2) is 77.7 Å². The molecule has 3 rings (SSSR count). The van der Waals surface area contributed by atoms with Crippen LogP contribution in [0.4, 0.5) is 5.69 Å². The fourth-order valence-electron chi connectivity index (χ4n) is 4.45. The van der Waals surface area contributed by atoms with Gasteiger partial charge < -0.3 is 15.0 Å². The molecule has 0 radical (unpaired) electrons. The van der Waals surface area contributed by atoms with E-state index in [9.17, 15) is 18.0 Å². The minimum absolute atomic E-state index is 0.0361. The number of carbonyl (C=O) groups is 2. The average molecular weight is 614 g/mol. The summed E-state index contributed by atoms with van der Waals surface area (Å²) in [5, 5.41) is 3.51. The average Bonchev–Trinajstić information content (AvgIpc) is 2.92. The maximum absolute atomic E-state index is 14.2. The summed E-state index contributed by atoms with van der Waals surface area (Å²) in [6, 6.07) is 19.3. The molecule has 3 aromatic rings. The normalized spacial score (nSPS) is 12.4. The lowest BCUT2D eigenvalue weighted by molar-refractivity contribution is -0.141. The number of hydrogen-bond donors (Lipinski definition) is 1. The number of nitrogens with zero attached hydrogens (tertiary/aromatic N) is 2. The number of sulfonamides is 1. The predicted octanol–water partition coefficient (Wildman–Crippen LogP) is 5.96. The maximum atomic E-state index is 14.2. The number of carbonyl (C=O) groups excluding carboxylic acids is 2. The molecule has 3 aromatic carbocycles. The first-order chi connectivity index (χ1) is 19.8. The second-order valence-electron chi connectivity index (χ2n) is 11.0. The Morgan fingerprint density at radius 1 is 0.952 bits per heavy atom. The number of halogens is 1. The number of hydrogen-bond acceptors (Lipinski definition) is 5. The number of para-hydroxylation sites is 2. The molecule has 8 nitrogen and oxygen atoms in total. The van der Waals surface area contributed by atoms with Gasteiger partial charge in [-0.3, -0.25) is 13.9 Å². The molecule has 0 unspecified atom stereocenters. The van der Waals surface area contributed by atoms with Crippen LogP contribution in [0.1, 0.15) is 52.2 Å². The van der Waals surface area contributed by atoms with Gasteiger partial charge in [0.2, 0.25) is 11.8 Å². The maximum Gasteiger partial charge on any atom is 0.264 e. The van der Waals surface area contributed by atoms with E-state index in [1.807, 2.05) is 34.6 Å². The van der Waals surface area contributed by atoms with Crippen molar-refractivity contribution in [3.05, 3.63) is 88.9 Å². The first-order valence-corrected chi connectivity index (χ1v) is 15.8. The molecule has 0 heterocycles. The second kappa shape index (κ2) is 14.1. The number of rotatable bonds is 12. The van der Waals surface area contributed by atoms with Crippen molar-refractivity contribution >= 4 is 39.1 Å². The molecule has 0 saturated carbocycles. The Hall–Kier alpha value is -3.56. The van der Waals surface area contributed by atoms with Crippen molar-refractivity contribution in [1.29, 1.82) is 0 Å². The lowest BCUT2D eigenvalue weighted by Crippen LogP contribution is -2.55. The molecule has 0 aliphatic carbocycles. The van der Waals surface area contributed by atoms with Gasteiger partial charge in [-0.05, 0) is 83.0 Å². The number of nitrogens with one attached hydrogen (secondary N) is 1. The van der Waals surface area contributed by atoms with Gasteiger partial charge in [0.15, 0.2) is 0 Å². The van der Waals surface area contributed by atoms with Crippen molar-refractivity contribution in [2.75, 3.05) is 17.5 Å². The van der Waals surface area contributed by atoms with Gasteiger partial charge in [0.05, 0.1) is 17.2 Å². The van der Waals surface area contributed by atoms with Crippen LogP contribution in [0.5, 0.6) is 5.75 Å². The van der Waals surface area contributed by atoms with E-state index in [4.69, 9.17) is 16.3 Å². The quantitative estimate of drug-likeness (QED) is 0.272. The summed E-state index contributed by atoms with van der Waals surface area (Å²) in [6.07, 6.45) is 0.321. The zero-order chi connectivity index (χ0) is 31.1. The van der Waals surface area contributed by atoms with Crippen LogP contribution in [-0.2, 0) is 26.2 Å². The van der Waals surface area contributed by atoms with Crippen LogP contribution in [0.3, 0.4) is 0 Å². The van der Waals surface area contributed by atoms with Crippen molar-refractivity contribution < 1.29 is 22.7 Å². The standard InChI is InChI=1S/C32H40ClN3O5S/c1-7-27(31(38)34-32(4,5)6)35(21-24-15-17-25(33)18-16-24)30(37)22-36(28-11-9-10-12-29(28)41-8-2)42(39,40)26-19-13-23(3)14-20-26/h9-20,27H,7-8,21-22H2,1-6H3,(H,34,38)/t27-/m0/s1. The summed E-state index contributed by atoms with van der Waals surface area (Å²) >= 11 is 6.09. The molecular weight excluding hydrogens is 574 g/mol.